The lowest BCUT2D eigenvalue weighted by Gasteiger charge is -2.37. The van der Waals surface area contributed by atoms with E-state index in [4.69, 9.17) is 10.5 Å². The highest BCUT2D eigenvalue weighted by Crippen LogP contribution is 2.25. The molecular weight excluding hydrogens is 254 g/mol. The molecule has 106 valence electrons. The average Bonchev–Trinajstić information content (AvgIpc) is 2.76. The molecule has 2 aliphatic heterocycles. The summed E-state index contributed by atoms with van der Waals surface area (Å²) in [6.07, 6.45) is 1.66. The lowest BCUT2D eigenvalue weighted by molar-refractivity contribution is -0.0455. The number of ether oxygens (including phenoxy) is 1. The monoisotopic (exact) mass is 277 g/mol. The SMILES string of the molecule is C[C@@H]1CN(S(=O)(=O)N2CCC[C@H]2CN)C[C@H](C)O1. The van der Waals surface area contributed by atoms with Crippen molar-refractivity contribution >= 4 is 10.2 Å². The van der Waals surface area contributed by atoms with Crippen LogP contribution in [0.2, 0.25) is 0 Å². The van der Waals surface area contributed by atoms with Crippen molar-refractivity contribution in [2.24, 2.45) is 5.73 Å². The highest BCUT2D eigenvalue weighted by atomic mass is 32.2. The quantitative estimate of drug-likeness (QED) is 0.773. The fourth-order valence-electron chi connectivity index (χ4n) is 2.82. The van der Waals surface area contributed by atoms with E-state index < -0.39 is 10.2 Å². The van der Waals surface area contributed by atoms with Crippen LogP contribution in [0.4, 0.5) is 0 Å². The Morgan fingerprint density at radius 3 is 2.44 bits per heavy atom. The first-order chi connectivity index (χ1) is 8.45. The van der Waals surface area contributed by atoms with Crippen molar-refractivity contribution in [2.45, 2.75) is 44.9 Å². The highest BCUT2D eigenvalue weighted by Gasteiger charge is 2.40. The summed E-state index contributed by atoms with van der Waals surface area (Å²) in [7, 11) is -3.38. The fraction of sp³-hybridized carbons (Fsp3) is 1.00. The molecule has 0 saturated carbocycles. The van der Waals surface area contributed by atoms with Crippen molar-refractivity contribution in [3.63, 3.8) is 0 Å². The van der Waals surface area contributed by atoms with Gasteiger partial charge in [-0.15, -0.1) is 0 Å². The first kappa shape index (κ1) is 14.2. The molecule has 0 unspecified atom stereocenters. The van der Waals surface area contributed by atoms with E-state index in [0.717, 1.165) is 12.8 Å². The van der Waals surface area contributed by atoms with Crippen LogP contribution in [0.3, 0.4) is 0 Å². The summed E-state index contributed by atoms with van der Waals surface area (Å²) in [6, 6.07) is -0.0385. The number of nitrogens with two attached hydrogens (primary N) is 1. The molecule has 2 aliphatic rings. The third kappa shape index (κ3) is 2.70. The van der Waals surface area contributed by atoms with Crippen LogP contribution in [0.1, 0.15) is 26.7 Å². The molecule has 0 aliphatic carbocycles. The number of nitrogens with zero attached hydrogens (tertiary/aromatic N) is 2. The lowest BCUT2D eigenvalue weighted by atomic mass is 10.2. The molecule has 0 radical (unpaired) electrons. The van der Waals surface area contributed by atoms with Crippen molar-refractivity contribution in [1.29, 1.82) is 0 Å². The molecule has 0 aromatic heterocycles. The summed E-state index contributed by atoms with van der Waals surface area (Å²) >= 11 is 0. The normalized spacial score (nSPS) is 36.1. The van der Waals surface area contributed by atoms with E-state index in [-0.39, 0.29) is 18.2 Å². The van der Waals surface area contributed by atoms with Crippen LogP contribution in [0.5, 0.6) is 0 Å². The van der Waals surface area contributed by atoms with Crippen molar-refractivity contribution in [3.05, 3.63) is 0 Å². The molecule has 0 bridgehead atoms. The van der Waals surface area contributed by atoms with E-state index in [0.29, 0.717) is 26.2 Å². The maximum atomic E-state index is 12.6. The van der Waals surface area contributed by atoms with Crippen molar-refractivity contribution < 1.29 is 13.2 Å². The van der Waals surface area contributed by atoms with E-state index in [1.165, 1.54) is 0 Å². The summed E-state index contributed by atoms with van der Waals surface area (Å²) < 4.78 is 33.9. The van der Waals surface area contributed by atoms with E-state index in [1.54, 1.807) is 8.61 Å². The number of rotatable bonds is 3. The van der Waals surface area contributed by atoms with Gasteiger partial charge in [-0.05, 0) is 26.7 Å². The van der Waals surface area contributed by atoms with Crippen LogP contribution in [-0.4, -0.2) is 61.5 Å². The Balaban J connectivity index is 2.15. The van der Waals surface area contributed by atoms with Gasteiger partial charge in [0.05, 0.1) is 12.2 Å². The smallest absolute Gasteiger partial charge is 0.282 e. The molecule has 0 amide bonds. The summed E-state index contributed by atoms with van der Waals surface area (Å²) in [5, 5.41) is 0. The Labute approximate surface area is 109 Å². The lowest BCUT2D eigenvalue weighted by Crippen LogP contribution is -2.54. The molecule has 2 heterocycles. The molecule has 0 aromatic rings. The zero-order valence-corrected chi connectivity index (χ0v) is 11.9. The van der Waals surface area contributed by atoms with E-state index in [1.807, 2.05) is 13.8 Å². The molecule has 2 fully saturated rings. The maximum Gasteiger partial charge on any atom is 0.282 e. The van der Waals surface area contributed by atoms with Crippen LogP contribution < -0.4 is 5.73 Å². The van der Waals surface area contributed by atoms with E-state index in [2.05, 4.69) is 0 Å². The molecule has 6 nitrogen and oxygen atoms in total. The van der Waals surface area contributed by atoms with Gasteiger partial charge >= 0.3 is 0 Å². The van der Waals surface area contributed by atoms with Gasteiger partial charge in [0.1, 0.15) is 0 Å². The summed E-state index contributed by atoms with van der Waals surface area (Å²) in [4.78, 5) is 0. The molecule has 0 aromatic carbocycles. The average molecular weight is 277 g/mol. The zero-order valence-electron chi connectivity index (χ0n) is 11.1. The van der Waals surface area contributed by atoms with Gasteiger partial charge in [-0.25, -0.2) is 0 Å². The predicted molar refractivity (Wildman–Crippen MR) is 69.3 cm³/mol. The van der Waals surface area contributed by atoms with Gasteiger partial charge in [0.25, 0.3) is 10.2 Å². The third-order valence-electron chi connectivity index (χ3n) is 3.60. The molecule has 18 heavy (non-hydrogen) atoms. The first-order valence-electron chi connectivity index (χ1n) is 6.57. The molecule has 2 saturated heterocycles. The van der Waals surface area contributed by atoms with E-state index >= 15 is 0 Å². The predicted octanol–water partition coefficient (Wildman–Crippen LogP) is -0.236. The standard InChI is InChI=1S/C11H23N3O3S/c1-9-7-13(8-10(2)17-9)18(15,16)14-5-3-4-11(14)6-12/h9-11H,3-8,12H2,1-2H3/t9-,10+,11-/m0/s1. The Morgan fingerprint density at radius 1 is 1.28 bits per heavy atom. The second-order valence-corrected chi connectivity index (χ2v) is 7.11. The number of hydrogen-bond donors (Lipinski definition) is 1. The largest absolute Gasteiger partial charge is 0.373 e. The van der Waals surface area contributed by atoms with Gasteiger partial charge in [-0.3, -0.25) is 0 Å². The third-order valence-corrected chi connectivity index (χ3v) is 5.63. The molecule has 2 rings (SSSR count). The minimum Gasteiger partial charge on any atom is -0.373 e. The Morgan fingerprint density at radius 2 is 1.89 bits per heavy atom. The fourth-order valence-corrected chi connectivity index (χ4v) is 4.84. The molecule has 7 heteroatoms. The maximum absolute atomic E-state index is 12.6. The molecule has 0 spiro atoms. The second kappa shape index (κ2) is 5.42. The van der Waals surface area contributed by atoms with Crippen molar-refractivity contribution in [3.8, 4) is 0 Å². The van der Waals surface area contributed by atoms with Gasteiger partial charge in [-0.2, -0.15) is 17.0 Å². The second-order valence-electron chi connectivity index (χ2n) is 5.22. The Hall–Kier alpha value is -0.210. The van der Waals surface area contributed by atoms with Crippen LogP contribution in [0.25, 0.3) is 0 Å². The topological polar surface area (TPSA) is 75.9 Å². The molecular formula is C11H23N3O3S. The van der Waals surface area contributed by atoms with Crippen molar-refractivity contribution in [1.82, 2.24) is 8.61 Å². The highest BCUT2D eigenvalue weighted by molar-refractivity contribution is 7.86. The first-order valence-corrected chi connectivity index (χ1v) is 7.97. The van der Waals surface area contributed by atoms with E-state index in [9.17, 15) is 8.42 Å². The summed E-state index contributed by atoms with van der Waals surface area (Å²) in [6.45, 7) is 5.66. The zero-order chi connectivity index (χ0) is 13.3. The number of morpholine rings is 1. The van der Waals surface area contributed by atoms with Crippen LogP contribution in [0, 0.1) is 0 Å². The van der Waals surface area contributed by atoms with Crippen molar-refractivity contribution in [2.75, 3.05) is 26.2 Å². The Bertz CT molecular complexity index is 377. The van der Waals surface area contributed by atoms with Crippen LogP contribution in [0.15, 0.2) is 0 Å². The van der Waals surface area contributed by atoms with Gasteiger partial charge in [-0.1, -0.05) is 0 Å². The minimum absolute atomic E-state index is 0.0385. The number of hydrogen-bond acceptors (Lipinski definition) is 4. The van der Waals surface area contributed by atoms with Crippen LogP contribution in [-0.2, 0) is 14.9 Å². The molecule has 2 N–H and O–H groups in total. The van der Waals surface area contributed by atoms with Gasteiger partial charge in [0.15, 0.2) is 0 Å². The summed E-state index contributed by atoms with van der Waals surface area (Å²) in [5.74, 6) is 0. The van der Waals surface area contributed by atoms with Gasteiger partial charge < -0.3 is 10.5 Å². The van der Waals surface area contributed by atoms with Gasteiger partial charge in [0.2, 0.25) is 0 Å². The Kier molecular flexibility index (Phi) is 4.28. The summed E-state index contributed by atoms with van der Waals surface area (Å²) in [5.41, 5.74) is 5.66. The molecule has 3 atom stereocenters. The minimum atomic E-state index is -3.38. The van der Waals surface area contributed by atoms with Crippen LogP contribution >= 0.6 is 0 Å². The van der Waals surface area contributed by atoms with Gasteiger partial charge in [0, 0.05) is 32.2 Å².